The Morgan fingerprint density at radius 2 is 1.71 bits per heavy atom. The molecule has 0 N–H and O–H groups in total. The zero-order valence-corrected chi connectivity index (χ0v) is 11.4. The van der Waals surface area contributed by atoms with Gasteiger partial charge < -0.3 is 4.43 Å². The topological polar surface area (TPSA) is 52.6 Å². The molecule has 0 spiro atoms. The first-order valence-electron chi connectivity index (χ1n) is 4.31. The van der Waals surface area contributed by atoms with Gasteiger partial charge in [-0.1, -0.05) is 0 Å². The van der Waals surface area contributed by atoms with Crippen LogP contribution in [0.25, 0.3) is 0 Å². The van der Waals surface area contributed by atoms with Gasteiger partial charge in [0, 0.05) is 0 Å². The summed E-state index contributed by atoms with van der Waals surface area (Å²) < 4.78 is 20.2. The summed E-state index contributed by atoms with van der Waals surface area (Å²) >= 11 is -1.65. The second kappa shape index (κ2) is 4.54. The van der Waals surface area contributed by atoms with Crippen LogP contribution in [0.1, 0.15) is 13.8 Å². The molecule has 0 aliphatic heterocycles. The summed E-state index contributed by atoms with van der Waals surface area (Å²) in [7, 11) is -0.623. The molecular weight excluding hydrogens is 220 g/mol. The van der Waals surface area contributed by atoms with Crippen LogP contribution in [0, 0.1) is 0 Å². The smallest absolute Gasteiger partial charge is 0.313 e. The third kappa shape index (κ3) is 3.89. The minimum absolute atomic E-state index is 0.461. The summed E-state index contributed by atoms with van der Waals surface area (Å²) in [5.41, 5.74) is 0. The first-order chi connectivity index (χ1) is 6.11. The van der Waals surface area contributed by atoms with Crippen molar-refractivity contribution in [3.05, 3.63) is 0 Å². The Kier molecular flexibility index (Phi) is 4.48. The van der Waals surface area contributed by atoms with Gasteiger partial charge in [-0.05, 0) is 33.5 Å². The molecule has 0 amide bonds. The van der Waals surface area contributed by atoms with E-state index in [2.05, 4.69) is 4.18 Å². The molecule has 0 aliphatic carbocycles. The Balaban J connectivity index is 4.60. The van der Waals surface area contributed by atoms with Crippen molar-refractivity contribution in [2.45, 2.75) is 38.2 Å². The van der Waals surface area contributed by atoms with Crippen LogP contribution in [0.2, 0.25) is 19.6 Å². The van der Waals surface area contributed by atoms with Crippen molar-refractivity contribution in [1.29, 1.82) is 0 Å². The minimum atomic E-state index is -1.93. The molecule has 0 bridgehead atoms. The van der Waals surface area contributed by atoms with E-state index in [0.29, 0.717) is 0 Å². The maximum Gasteiger partial charge on any atom is 0.313 e. The molecule has 0 aliphatic rings. The van der Waals surface area contributed by atoms with Gasteiger partial charge in [-0.3, -0.25) is 8.98 Å². The van der Waals surface area contributed by atoms with Crippen molar-refractivity contribution in [2.24, 2.45) is 0 Å². The summed E-state index contributed by atoms with van der Waals surface area (Å²) in [6, 6.07) is 0. The highest BCUT2D eigenvalue weighted by atomic mass is 32.2. The molecule has 0 saturated carbocycles. The van der Waals surface area contributed by atoms with Crippen molar-refractivity contribution in [3.63, 3.8) is 0 Å². The highest BCUT2D eigenvalue weighted by Gasteiger charge is 2.39. The van der Waals surface area contributed by atoms with Crippen LogP contribution in [-0.4, -0.2) is 30.4 Å². The van der Waals surface area contributed by atoms with Crippen LogP contribution in [-0.2, 0) is 24.5 Å². The van der Waals surface area contributed by atoms with Gasteiger partial charge in [0.1, 0.15) is 0 Å². The van der Waals surface area contributed by atoms with E-state index in [-0.39, 0.29) is 0 Å². The summed E-state index contributed by atoms with van der Waals surface area (Å²) in [5.74, 6) is -0.461. The van der Waals surface area contributed by atoms with Gasteiger partial charge in [0.05, 0.1) is 7.11 Å². The van der Waals surface area contributed by atoms with E-state index in [4.69, 9.17) is 4.43 Å². The summed E-state index contributed by atoms with van der Waals surface area (Å²) in [6.45, 7) is 8.80. The van der Waals surface area contributed by atoms with E-state index in [9.17, 15) is 9.00 Å². The molecule has 1 unspecified atom stereocenters. The van der Waals surface area contributed by atoms with Crippen LogP contribution >= 0.6 is 0 Å². The Bertz CT molecular complexity index is 244. The highest BCUT2D eigenvalue weighted by Crippen LogP contribution is 2.18. The van der Waals surface area contributed by atoms with Crippen LogP contribution in [0.4, 0.5) is 0 Å². The summed E-state index contributed by atoms with van der Waals surface area (Å²) in [5, 5.41) is 0. The van der Waals surface area contributed by atoms with Gasteiger partial charge in [0.15, 0.2) is 15.8 Å². The molecule has 0 aromatic rings. The van der Waals surface area contributed by atoms with Crippen LogP contribution in [0.5, 0.6) is 0 Å². The SMILES string of the molecule is COS(=O)C(C)(C)C(=O)O[Si](C)(C)C. The van der Waals surface area contributed by atoms with Gasteiger partial charge >= 0.3 is 5.97 Å². The van der Waals surface area contributed by atoms with Crippen molar-refractivity contribution < 1.29 is 17.6 Å². The average molecular weight is 238 g/mol. The van der Waals surface area contributed by atoms with Crippen LogP contribution < -0.4 is 0 Å². The second-order valence-corrected chi connectivity index (χ2v) is 10.7. The first kappa shape index (κ1) is 13.8. The lowest BCUT2D eigenvalue weighted by molar-refractivity contribution is -0.137. The molecule has 14 heavy (non-hydrogen) atoms. The average Bonchev–Trinajstić information content (AvgIpc) is 1.99. The Morgan fingerprint density at radius 3 is 2.00 bits per heavy atom. The van der Waals surface area contributed by atoms with E-state index >= 15 is 0 Å². The molecule has 0 saturated heterocycles. The molecule has 4 nitrogen and oxygen atoms in total. The first-order valence-corrected chi connectivity index (χ1v) is 8.79. The lowest BCUT2D eigenvalue weighted by atomic mass is 10.2. The molecule has 6 heteroatoms. The van der Waals surface area contributed by atoms with Crippen molar-refractivity contribution in [1.82, 2.24) is 0 Å². The van der Waals surface area contributed by atoms with Gasteiger partial charge in [-0.25, -0.2) is 4.21 Å². The predicted molar refractivity (Wildman–Crippen MR) is 58.7 cm³/mol. The third-order valence-corrected chi connectivity index (χ3v) is 3.56. The zero-order valence-electron chi connectivity index (χ0n) is 9.54. The normalized spacial score (nSPS) is 15.0. The fourth-order valence-corrected chi connectivity index (χ4v) is 2.16. The largest absolute Gasteiger partial charge is 0.519 e. The minimum Gasteiger partial charge on any atom is -0.519 e. The maximum absolute atomic E-state index is 11.6. The Morgan fingerprint density at radius 1 is 1.29 bits per heavy atom. The molecule has 0 aromatic carbocycles. The molecule has 0 radical (unpaired) electrons. The number of carbonyl (C=O) groups excluding carboxylic acids is 1. The highest BCUT2D eigenvalue weighted by molar-refractivity contribution is 7.82. The van der Waals surface area contributed by atoms with Gasteiger partial charge in [0.25, 0.3) is 0 Å². The quantitative estimate of drug-likeness (QED) is 0.696. The van der Waals surface area contributed by atoms with Gasteiger partial charge in [-0.2, -0.15) is 0 Å². The number of carbonyl (C=O) groups is 1. The van der Waals surface area contributed by atoms with Crippen molar-refractivity contribution in [3.8, 4) is 0 Å². The van der Waals surface area contributed by atoms with E-state index < -0.39 is 30.1 Å². The lowest BCUT2D eigenvalue weighted by Gasteiger charge is -2.25. The molecule has 0 aromatic heterocycles. The number of rotatable bonds is 4. The maximum atomic E-state index is 11.6. The zero-order chi connectivity index (χ0) is 11.6. The van der Waals surface area contributed by atoms with Gasteiger partial charge in [-0.15, -0.1) is 0 Å². The molecule has 0 rings (SSSR count). The predicted octanol–water partition coefficient (Wildman–Crippen LogP) is 1.45. The molecule has 0 fully saturated rings. The monoisotopic (exact) mass is 238 g/mol. The summed E-state index contributed by atoms with van der Waals surface area (Å²) in [4.78, 5) is 11.6. The molecule has 1 atom stereocenters. The van der Waals surface area contributed by atoms with E-state index in [1.54, 1.807) is 13.8 Å². The van der Waals surface area contributed by atoms with E-state index in [1.807, 2.05) is 19.6 Å². The fraction of sp³-hybridized carbons (Fsp3) is 0.875. The van der Waals surface area contributed by atoms with Crippen LogP contribution in [0.15, 0.2) is 0 Å². The number of hydrogen-bond acceptors (Lipinski definition) is 4. The Hall–Kier alpha value is -0.203. The molecule has 0 heterocycles. The van der Waals surface area contributed by atoms with Crippen LogP contribution in [0.3, 0.4) is 0 Å². The standard InChI is InChI=1S/C8H18O4SSi/c1-8(2,13(10)11-3)7(9)12-14(4,5)6/h1-6H3. The van der Waals surface area contributed by atoms with E-state index in [0.717, 1.165) is 0 Å². The second-order valence-electron chi connectivity index (χ2n) is 4.41. The molecule has 84 valence electrons. The third-order valence-electron chi connectivity index (χ3n) is 1.46. The van der Waals surface area contributed by atoms with Gasteiger partial charge in [0.2, 0.25) is 8.32 Å². The van der Waals surface area contributed by atoms with Crippen molar-refractivity contribution in [2.75, 3.05) is 7.11 Å². The summed E-state index contributed by atoms with van der Waals surface area (Å²) in [6.07, 6.45) is 0. The fourth-order valence-electron chi connectivity index (χ4n) is 0.677. The van der Waals surface area contributed by atoms with E-state index in [1.165, 1.54) is 7.11 Å². The number of hydrogen-bond donors (Lipinski definition) is 0. The lowest BCUT2D eigenvalue weighted by Crippen LogP contribution is -2.44. The molecular formula is C8H18O4SSi. The van der Waals surface area contributed by atoms with Crippen molar-refractivity contribution >= 4 is 25.4 Å². The Labute approximate surface area is 88.8 Å².